The summed E-state index contributed by atoms with van der Waals surface area (Å²) in [7, 11) is 3.60. The molecule has 1 amide bonds. The Bertz CT molecular complexity index is 804. The molecule has 0 unspecified atom stereocenters. The predicted octanol–water partition coefficient (Wildman–Crippen LogP) is 0.194. The number of H-pyrrole nitrogens is 1. The van der Waals surface area contributed by atoms with Crippen LogP contribution in [0.4, 0.5) is 0 Å². The van der Waals surface area contributed by atoms with Crippen molar-refractivity contribution in [2.45, 2.75) is 19.1 Å². The number of hydrogen-bond donors (Lipinski definition) is 2. The minimum Gasteiger partial charge on any atom is -0.392 e. The lowest BCUT2D eigenvalue weighted by Gasteiger charge is -2.35. The number of aliphatic hydroxyl groups excluding tert-OH is 1. The van der Waals surface area contributed by atoms with Crippen LogP contribution in [0.1, 0.15) is 12.2 Å². The summed E-state index contributed by atoms with van der Waals surface area (Å²) in [6, 6.07) is 7.10. The summed E-state index contributed by atoms with van der Waals surface area (Å²) in [5.41, 5.74) is 0.392. The molecule has 2 heterocycles. The lowest BCUT2D eigenvalue weighted by Crippen LogP contribution is -2.49. The van der Waals surface area contributed by atoms with Gasteiger partial charge < -0.3 is 19.9 Å². The number of nitrogens with one attached hydrogen (secondary N) is 1. The van der Waals surface area contributed by atoms with Gasteiger partial charge in [0.25, 0.3) is 5.56 Å². The number of piperidine rings is 1. The molecule has 0 saturated carbocycles. The fraction of sp³-hybridized carbons (Fsp3) is 0.471. The number of aliphatic hydroxyl groups is 1. The van der Waals surface area contributed by atoms with E-state index >= 15 is 0 Å². The molecule has 7 heteroatoms. The Labute approximate surface area is 139 Å². The predicted molar refractivity (Wildman–Crippen MR) is 90.4 cm³/mol. The van der Waals surface area contributed by atoms with Crippen molar-refractivity contribution in [3.8, 4) is 0 Å². The van der Waals surface area contributed by atoms with Gasteiger partial charge >= 0.3 is 0 Å². The highest BCUT2D eigenvalue weighted by Crippen LogP contribution is 2.19. The van der Waals surface area contributed by atoms with Crippen LogP contribution in [0.25, 0.3) is 10.9 Å². The lowest BCUT2D eigenvalue weighted by atomic mass is 9.94. The number of aromatic amines is 1. The Morgan fingerprint density at radius 3 is 3.00 bits per heavy atom. The number of amides is 1. The molecule has 2 N–H and O–H groups in total. The fourth-order valence-corrected chi connectivity index (χ4v) is 3.14. The first-order chi connectivity index (χ1) is 11.5. The molecule has 1 fully saturated rings. The van der Waals surface area contributed by atoms with Gasteiger partial charge in [-0.05, 0) is 25.6 Å². The van der Waals surface area contributed by atoms with Crippen LogP contribution in [0.15, 0.2) is 29.1 Å². The van der Waals surface area contributed by atoms with E-state index in [-0.39, 0.29) is 18.0 Å². The van der Waals surface area contributed by atoms with Gasteiger partial charge in [-0.15, -0.1) is 0 Å². The first-order valence-electron chi connectivity index (χ1n) is 8.05. The van der Waals surface area contributed by atoms with Crippen LogP contribution >= 0.6 is 0 Å². The van der Waals surface area contributed by atoms with E-state index in [1.54, 1.807) is 25.2 Å². The van der Waals surface area contributed by atoms with Crippen molar-refractivity contribution in [1.82, 2.24) is 19.8 Å². The van der Waals surface area contributed by atoms with Crippen LogP contribution < -0.4 is 5.56 Å². The molecule has 0 radical (unpaired) electrons. The van der Waals surface area contributed by atoms with Crippen LogP contribution in [0, 0.1) is 5.92 Å². The minimum absolute atomic E-state index is 0.134. The average molecular weight is 330 g/mol. The molecule has 1 aliphatic heterocycles. The first-order valence-corrected chi connectivity index (χ1v) is 8.05. The third kappa shape index (κ3) is 3.32. The van der Waals surface area contributed by atoms with Gasteiger partial charge in [-0.1, -0.05) is 12.1 Å². The number of fused-ring (bicyclic) bond motifs is 1. The van der Waals surface area contributed by atoms with Gasteiger partial charge in [0.15, 0.2) is 0 Å². The van der Waals surface area contributed by atoms with E-state index in [1.807, 2.05) is 18.0 Å². The second-order valence-electron chi connectivity index (χ2n) is 6.45. The van der Waals surface area contributed by atoms with Crippen molar-refractivity contribution < 1.29 is 9.90 Å². The molecule has 24 heavy (non-hydrogen) atoms. The van der Waals surface area contributed by atoms with Gasteiger partial charge in [0, 0.05) is 20.1 Å². The molecule has 2 aromatic rings. The summed E-state index contributed by atoms with van der Waals surface area (Å²) < 4.78 is 0. The summed E-state index contributed by atoms with van der Waals surface area (Å²) in [6.45, 7) is 1.52. The van der Waals surface area contributed by atoms with Crippen molar-refractivity contribution in [3.63, 3.8) is 0 Å². The highest BCUT2D eigenvalue weighted by atomic mass is 16.3. The largest absolute Gasteiger partial charge is 0.392 e. The Balaban J connectivity index is 1.78. The minimum atomic E-state index is -0.625. The number of aromatic nitrogens is 2. The third-order valence-electron chi connectivity index (χ3n) is 4.52. The van der Waals surface area contributed by atoms with Crippen molar-refractivity contribution in [2.24, 2.45) is 5.92 Å². The second kappa shape index (κ2) is 6.70. The van der Waals surface area contributed by atoms with Gasteiger partial charge in [-0.3, -0.25) is 9.59 Å². The van der Waals surface area contributed by atoms with E-state index in [0.717, 1.165) is 6.54 Å². The SMILES string of the molecule is CN1CC[C@@H](O)[C@H](C(=O)N(C)Cc2nc3ccccc3c(=O)[nH]2)C1. The molecular weight excluding hydrogens is 308 g/mol. The molecule has 3 rings (SSSR count). The van der Waals surface area contributed by atoms with E-state index in [9.17, 15) is 14.7 Å². The maximum Gasteiger partial charge on any atom is 0.258 e. The molecule has 1 aromatic heterocycles. The molecule has 2 atom stereocenters. The van der Waals surface area contributed by atoms with Crippen molar-refractivity contribution in [3.05, 3.63) is 40.4 Å². The number of carbonyl (C=O) groups is 1. The number of likely N-dealkylation sites (tertiary alicyclic amines) is 1. The summed E-state index contributed by atoms with van der Waals surface area (Å²) in [5, 5.41) is 10.6. The lowest BCUT2D eigenvalue weighted by molar-refractivity contribution is -0.141. The topological polar surface area (TPSA) is 89.5 Å². The van der Waals surface area contributed by atoms with E-state index in [0.29, 0.717) is 29.7 Å². The van der Waals surface area contributed by atoms with Gasteiger partial charge in [-0.25, -0.2) is 4.98 Å². The smallest absolute Gasteiger partial charge is 0.258 e. The number of hydrogen-bond acceptors (Lipinski definition) is 5. The third-order valence-corrected chi connectivity index (χ3v) is 4.52. The Morgan fingerprint density at radius 1 is 1.46 bits per heavy atom. The zero-order valence-electron chi connectivity index (χ0n) is 13.9. The van der Waals surface area contributed by atoms with E-state index in [1.165, 1.54) is 4.90 Å². The maximum absolute atomic E-state index is 12.6. The van der Waals surface area contributed by atoms with E-state index in [4.69, 9.17) is 0 Å². The molecule has 1 aromatic carbocycles. The quantitative estimate of drug-likeness (QED) is 0.839. The summed E-state index contributed by atoms with van der Waals surface area (Å²) in [5.74, 6) is -0.140. The first kappa shape index (κ1) is 16.6. The molecule has 1 aliphatic rings. The van der Waals surface area contributed by atoms with Crippen molar-refractivity contribution in [1.29, 1.82) is 0 Å². The van der Waals surface area contributed by atoms with Crippen LogP contribution in [0.5, 0.6) is 0 Å². The maximum atomic E-state index is 12.6. The van der Waals surface area contributed by atoms with Crippen LogP contribution in [-0.2, 0) is 11.3 Å². The molecule has 0 spiro atoms. The zero-order chi connectivity index (χ0) is 17.3. The normalized spacial score (nSPS) is 21.8. The summed E-state index contributed by atoms with van der Waals surface area (Å²) in [4.78, 5) is 35.4. The van der Waals surface area contributed by atoms with Crippen molar-refractivity contribution >= 4 is 16.8 Å². The van der Waals surface area contributed by atoms with Crippen LogP contribution in [-0.4, -0.2) is 64.1 Å². The number of nitrogens with zero attached hydrogens (tertiary/aromatic N) is 3. The molecule has 0 aliphatic carbocycles. The molecular formula is C17H22N4O3. The Kier molecular flexibility index (Phi) is 4.64. The number of para-hydroxylation sites is 1. The van der Waals surface area contributed by atoms with Gasteiger partial charge in [-0.2, -0.15) is 0 Å². The number of rotatable bonds is 3. The zero-order valence-corrected chi connectivity index (χ0v) is 13.9. The standard InChI is InChI=1S/C17H22N4O3/c1-20-8-7-14(22)12(9-20)17(24)21(2)10-15-18-13-6-4-3-5-11(13)16(23)19-15/h3-6,12,14,22H,7-10H2,1-2H3,(H,18,19,23)/t12-,14-/m1/s1. The van der Waals surface area contributed by atoms with Gasteiger partial charge in [0.2, 0.25) is 5.91 Å². The summed E-state index contributed by atoms with van der Waals surface area (Å²) >= 11 is 0. The monoisotopic (exact) mass is 330 g/mol. The number of carbonyl (C=O) groups excluding carboxylic acids is 1. The van der Waals surface area contributed by atoms with Gasteiger partial charge in [0.1, 0.15) is 5.82 Å². The van der Waals surface area contributed by atoms with Crippen LogP contribution in [0.3, 0.4) is 0 Å². The van der Waals surface area contributed by atoms with Crippen LogP contribution in [0.2, 0.25) is 0 Å². The Morgan fingerprint density at radius 2 is 2.21 bits per heavy atom. The Hall–Kier alpha value is -2.25. The highest BCUT2D eigenvalue weighted by molar-refractivity contribution is 5.80. The van der Waals surface area contributed by atoms with Crippen molar-refractivity contribution in [2.75, 3.05) is 27.2 Å². The van der Waals surface area contributed by atoms with E-state index < -0.39 is 12.0 Å². The number of benzene rings is 1. The molecule has 7 nitrogen and oxygen atoms in total. The summed E-state index contributed by atoms with van der Waals surface area (Å²) in [6.07, 6.45) is -0.0361. The van der Waals surface area contributed by atoms with E-state index in [2.05, 4.69) is 9.97 Å². The highest BCUT2D eigenvalue weighted by Gasteiger charge is 2.33. The fourth-order valence-electron chi connectivity index (χ4n) is 3.14. The molecule has 0 bridgehead atoms. The molecule has 128 valence electrons. The average Bonchev–Trinajstić information content (AvgIpc) is 2.56. The van der Waals surface area contributed by atoms with Gasteiger partial charge in [0.05, 0.1) is 29.5 Å². The molecule has 1 saturated heterocycles. The second-order valence-corrected chi connectivity index (χ2v) is 6.45.